The molecule has 0 atom stereocenters. The number of anilines is 1. The number of hydrogen-bond donors (Lipinski definition) is 2. The fourth-order valence-electron chi connectivity index (χ4n) is 2.27. The number of ether oxygens (including phenoxy) is 3. The monoisotopic (exact) mass is 483 g/mol. The van der Waals surface area contributed by atoms with E-state index in [0.717, 1.165) is 0 Å². The first-order valence-corrected chi connectivity index (χ1v) is 9.42. The number of amides is 1. The number of thiocarbonyl (C=S) groups is 1. The van der Waals surface area contributed by atoms with Crippen LogP contribution in [-0.4, -0.2) is 43.4 Å². The quantitative estimate of drug-likeness (QED) is 0.254. The van der Waals surface area contributed by atoms with Gasteiger partial charge in [0.1, 0.15) is 18.1 Å². The zero-order chi connectivity index (χ0) is 21.4. The minimum Gasteiger partial charge on any atom is -0.495 e. The van der Waals surface area contributed by atoms with E-state index in [1.165, 1.54) is 25.3 Å². The molecule has 0 radical (unpaired) electrons. The highest BCUT2D eigenvalue weighted by Gasteiger charge is 2.17. The van der Waals surface area contributed by atoms with Gasteiger partial charge in [0, 0.05) is 23.7 Å². The van der Waals surface area contributed by atoms with E-state index >= 15 is 0 Å². The number of carbonyl (C=O) groups excluding carboxylic acids is 1. The van der Waals surface area contributed by atoms with Crippen molar-refractivity contribution < 1.29 is 23.9 Å². The van der Waals surface area contributed by atoms with E-state index in [1.54, 1.807) is 25.3 Å². The number of carbonyl (C=O) groups is 1. The van der Waals surface area contributed by atoms with Crippen LogP contribution in [0.2, 0.25) is 0 Å². The van der Waals surface area contributed by atoms with Crippen molar-refractivity contribution in [3.8, 4) is 11.5 Å². The second-order valence-corrected chi connectivity index (χ2v) is 6.86. The van der Waals surface area contributed by atoms with Crippen LogP contribution < -0.4 is 20.1 Å². The molecule has 0 unspecified atom stereocenters. The van der Waals surface area contributed by atoms with Gasteiger partial charge in [0.05, 0.1) is 29.9 Å². The molecule has 154 valence electrons. The molecule has 0 fully saturated rings. The standard InChI is InChI=1S/C18H18BrN3O6S/c1-26-7-8-28-15-5-3-11(19)9-13(15)17(23)21-18(29)20-14-10-12(22(24)25)4-6-16(14)27-2/h3-6,9-10H,7-8H2,1-2H3,(H2,20,21,23,29). The predicted molar refractivity (Wildman–Crippen MR) is 115 cm³/mol. The summed E-state index contributed by atoms with van der Waals surface area (Å²) >= 11 is 8.49. The number of benzene rings is 2. The second-order valence-electron chi connectivity index (χ2n) is 5.53. The Morgan fingerprint density at radius 1 is 1.17 bits per heavy atom. The SMILES string of the molecule is COCCOc1ccc(Br)cc1C(=O)NC(=S)Nc1cc([N+](=O)[O-])ccc1OC. The van der Waals surface area contributed by atoms with Crippen molar-refractivity contribution in [2.75, 3.05) is 32.8 Å². The molecule has 0 aliphatic rings. The van der Waals surface area contributed by atoms with Crippen LogP contribution in [0.3, 0.4) is 0 Å². The Labute approximate surface area is 180 Å². The summed E-state index contributed by atoms with van der Waals surface area (Å²) < 4.78 is 16.4. The molecule has 0 aromatic heterocycles. The third-order valence-electron chi connectivity index (χ3n) is 3.60. The number of halogens is 1. The number of rotatable bonds is 8. The average molecular weight is 484 g/mol. The Morgan fingerprint density at radius 3 is 2.55 bits per heavy atom. The smallest absolute Gasteiger partial charge is 0.271 e. The van der Waals surface area contributed by atoms with Crippen LogP contribution in [0.25, 0.3) is 0 Å². The van der Waals surface area contributed by atoms with E-state index in [-0.39, 0.29) is 28.7 Å². The molecule has 0 heterocycles. The van der Waals surface area contributed by atoms with Crippen LogP contribution in [0.4, 0.5) is 11.4 Å². The van der Waals surface area contributed by atoms with Crippen molar-refractivity contribution in [2.24, 2.45) is 0 Å². The lowest BCUT2D eigenvalue weighted by Crippen LogP contribution is -2.34. The molecule has 2 aromatic rings. The molecule has 0 saturated heterocycles. The van der Waals surface area contributed by atoms with Crippen molar-refractivity contribution in [3.63, 3.8) is 0 Å². The number of nitro groups is 1. The molecule has 2 N–H and O–H groups in total. The van der Waals surface area contributed by atoms with E-state index in [4.69, 9.17) is 26.4 Å². The maximum absolute atomic E-state index is 12.7. The number of nitro benzene ring substituents is 1. The molecule has 0 bridgehead atoms. The van der Waals surface area contributed by atoms with E-state index in [9.17, 15) is 14.9 Å². The van der Waals surface area contributed by atoms with Gasteiger partial charge in [-0.15, -0.1) is 0 Å². The Morgan fingerprint density at radius 2 is 1.90 bits per heavy atom. The van der Waals surface area contributed by atoms with Crippen LogP contribution in [-0.2, 0) is 4.74 Å². The Kier molecular flexibility index (Phi) is 8.31. The van der Waals surface area contributed by atoms with Crippen molar-refractivity contribution in [1.82, 2.24) is 5.32 Å². The highest BCUT2D eigenvalue weighted by molar-refractivity contribution is 9.10. The molecular weight excluding hydrogens is 466 g/mol. The number of methoxy groups -OCH3 is 2. The zero-order valence-corrected chi connectivity index (χ0v) is 18.0. The summed E-state index contributed by atoms with van der Waals surface area (Å²) in [5.41, 5.74) is 0.353. The van der Waals surface area contributed by atoms with E-state index in [2.05, 4.69) is 26.6 Å². The van der Waals surface area contributed by atoms with Gasteiger partial charge in [-0.3, -0.25) is 20.2 Å². The van der Waals surface area contributed by atoms with Gasteiger partial charge >= 0.3 is 0 Å². The van der Waals surface area contributed by atoms with Gasteiger partial charge in [0.25, 0.3) is 11.6 Å². The van der Waals surface area contributed by atoms with Crippen LogP contribution in [0, 0.1) is 10.1 Å². The summed E-state index contributed by atoms with van der Waals surface area (Å²) in [6, 6.07) is 8.97. The molecule has 2 aromatic carbocycles. The van der Waals surface area contributed by atoms with Gasteiger partial charge in [0.2, 0.25) is 0 Å². The topological polar surface area (TPSA) is 112 Å². The minimum atomic E-state index is -0.544. The van der Waals surface area contributed by atoms with Crippen LogP contribution in [0.5, 0.6) is 11.5 Å². The highest BCUT2D eigenvalue weighted by Crippen LogP contribution is 2.29. The second kappa shape index (κ2) is 10.7. The van der Waals surface area contributed by atoms with Gasteiger partial charge in [-0.25, -0.2) is 0 Å². The molecule has 29 heavy (non-hydrogen) atoms. The minimum absolute atomic E-state index is 0.0587. The van der Waals surface area contributed by atoms with Crippen LogP contribution in [0.15, 0.2) is 40.9 Å². The zero-order valence-electron chi connectivity index (χ0n) is 15.6. The first-order valence-electron chi connectivity index (χ1n) is 8.21. The van der Waals surface area contributed by atoms with Crippen LogP contribution >= 0.6 is 28.1 Å². The number of nitrogens with zero attached hydrogens (tertiary/aromatic N) is 1. The van der Waals surface area contributed by atoms with Crippen molar-refractivity contribution in [3.05, 3.63) is 56.5 Å². The molecular formula is C18H18BrN3O6S. The lowest BCUT2D eigenvalue weighted by atomic mass is 10.2. The maximum atomic E-state index is 12.7. The van der Waals surface area contributed by atoms with E-state index in [0.29, 0.717) is 22.6 Å². The summed E-state index contributed by atoms with van der Waals surface area (Å²) in [5, 5.41) is 16.2. The Bertz CT molecular complexity index is 924. The number of hydrogen-bond acceptors (Lipinski definition) is 7. The molecule has 1 amide bonds. The molecule has 0 spiro atoms. The number of non-ortho nitro benzene ring substituents is 1. The van der Waals surface area contributed by atoms with Gasteiger partial charge in [-0.1, -0.05) is 15.9 Å². The molecule has 11 heteroatoms. The van der Waals surface area contributed by atoms with Gasteiger partial charge in [-0.05, 0) is 36.5 Å². The maximum Gasteiger partial charge on any atom is 0.271 e. The predicted octanol–water partition coefficient (Wildman–Crippen LogP) is 3.52. The summed E-state index contributed by atoms with van der Waals surface area (Å²) in [4.78, 5) is 23.1. The largest absolute Gasteiger partial charge is 0.495 e. The van der Waals surface area contributed by atoms with Gasteiger partial charge in [0.15, 0.2) is 5.11 Å². The lowest BCUT2D eigenvalue weighted by Gasteiger charge is -2.14. The molecule has 0 aliphatic heterocycles. The highest BCUT2D eigenvalue weighted by atomic mass is 79.9. The van der Waals surface area contributed by atoms with Gasteiger partial charge < -0.3 is 19.5 Å². The molecule has 9 nitrogen and oxygen atoms in total. The molecule has 2 rings (SSSR count). The number of nitrogens with one attached hydrogen (secondary N) is 2. The summed E-state index contributed by atoms with van der Waals surface area (Å²) in [6.07, 6.45) is 0. The normalized spacial score (nSPS) is 10.2. The fourth-order valence-corrected chi connectivity index (χ4v) is 2.84. The first kappa shape index (κ1) is 22.5. The van der Waals surface area contributed by atoms with Gasteiger partial charge in [-0.2, -0.15) is 0 Å². The Balaban J connectivity index is 2.15. The summed E-state index contributed by atoms with van der Waals surface area (Å²) in [7, 11) is 2.96. The van der Waals surface area contributed by atoms with Crippen molar-refractivity contribution >= 4 is 50.5 Å². The van der Waals surface area contributed by atoms with E-state index in [1.807, 2.05) is 0 Å². The first-order chi connectivity index (χ1) is 13.8. The van der Waals surface area contributed by atoms with E-state index < -0.39 is 10.8 Å². The fraction of sp³-hybridized carbons (Fsp3) is 0.222. The molecule has 0 aliphatic carbocycles. The summed E-state index contributed by atoms with van der Waals surface area (Å²) in [5.74, 6) is 0.178. The van der Waals surface area contributed by atoms with Crippen molar-refractivity contribution in [2.45, 2.75) is 0 Å². The Hall–Kier alpha value is -2.76. The third kappa shape index (κ3) is 6.38. The average Bonchev–Trinajstić information content (AvgIpc) is 2.68. The van der Waals surface area contributed by atoms with Crippen LogP contribution in [0.1, 0.15) is 10.4 Å². The molecule has 0 saturated carbocycles. The summed E-state index contributed by atoms with van der Waals surface area (Å²) in [6.45, 7) is 0.635. The lowest BCUT2D eigenvalue weighted by molar-refractivity contribution is -0.384. The van der Waals surface area contributed by atoms with Crippen molar-refractivity contribution in [1.29, 1.82) is 0 Å². The third-order valence-corrected chi connectivity index (χ3v) is 4.30.